The molecule has 14 rings (SSSR count). The Kier molecular flexibility index (Phi) is 7.53. The van der Waals surface area contributed by atoms with Crippen molar-refractivity contribution in [1.82, 2.24) is 0 Å². The monoisotopic (exact) mass is 815 g/mol. The molecule has 2 nitrogen and oxygen atoms in total. The van der Waals surface area contributed by atoms with E-state index in [1.807, 2.05) is 0 Å². The summed E-state index contributed by atoms with van der Waals surface area (Å²) in [6, 6.07) is 74.8. The van der Waals surface area contributed by atoms with Gasteiger partial charge in [-0.25, -0.2) is 0 Å². The molecule has 9 aromatic carbocycles. The number of para-hydroxylation sites is 3. The van der Waals surface area contributed by atoms with E-state index in [0.29, 0.717) is 0 Å². The molecule has 9 aromatic rings. The van der Waals surface area contributed by atoms with Gasteiger partial charge < -0.3 is 9.64 Å². The molecule has 0 bridgehead atoms. The van der Waals surface area contributed by atoms with Gasteiger partial charge in [-0.1, -0.05) is 188 Å². The van der Waals surface area contributed by atoms with Crippen LogP contribution in [0.2, 0.25) is 0 Å². The van der Waals surface area contributed by atoms with E-state index in [0.717, 1.165) is 35.0 Å². The molecule has 0 saturated carbocycles. The Morgan fingerprint density at radius 2 is 1.02 bits per heavy atom. The van der Waals surface area contributed by atoms with Crippen molar-refractivity contribution < 1.29 is 4.74 Å². The maximum absolute atomic E-state index is 7.19. The lowest BCUT2D eigenvalue weighted by molar-refractivity contribution is 0.479. The van der Waals surface area contributed by atoms with Gasteiger partial charge in [0.25, 0.3) is 0 Å². The van der Waals surface area contributed by atoms with Crippen LogP contribution in [0, 0.1) is 0 Å². The number of anilines is 3. The van der Waals surface area contributed by atoms with Crippen molar-refractivity contribution in [3.8, 4) is 56.0 Å². The molecule has 0 amide bonds. The Balaban J connectivity index is 1.06. The number of allylic oxidation sites excluding steroid dienone is 4. The number of fused-ring (bicyclic) bond motifs is 21. The first-order valence-electron chi connectivity index (χ1n) is 22.6. The standard InChI is InChI=1S/C62H41NO/c1-2-18-41(19-3-1)63(57-31-16-28-50-46-23-8-7-22-45(46)49-26-12-15-32-58(49)64-61(50)57)42-34-36-55-52(38-42)47-24-9-6-21-44(47)48-25-10-13-29-53(48)62(55)54-30-14-11-27-51(54)60-56(62)35-33-40-37-39-17-4-5-20-43(39)59(40)60/h1-36,38,45-46H,37H2. The van der Waals surface area contributed by atoms with Crippen LogP contribution in [0.1, 0.15) is 56.3 Å². The summed E-state index contributed by atoms with van der Waals surface area (Å²) in [5.74, 6) is 2.10. The molecule has 0 aromatic heterocycles. The van der Waals surface area contributed by atoms with E-state index in [4.69, 9.17) is 4.74 Å². The molecule has 2 heteroatoms. The van der Waals surface area contributed by atoms with Crippen LogP contribution in [0.3, 0.4) is 0 Å². The lowest BCUT2D eigenvalue weighted by Gasteiger charge is -2.36. The third-order valence-corrected chi connectivity index (χ3v) is 14.7. The summed E-state index contributed by atoms with van der Waals surface area (Å²) in [7, 11) is 0. The fourth-order valence-corrected chi connectivity index (χ4v) is 12.2. The van der Waals surface area contributed by atoms with Crippen molar-refractivity contribution in [2.45, 2.75) is 23.7 Å². The van der Waals surface area contributed by atoms with Crippen molar-refractivity contribution in [3.05, 3.63) is 269 Å². The Hall–Kier alpha value is -7.94. The second-order valence-corrected chi connectivity index (χ2v) is 17.8. The smallest absolute Gasteiger partial charge is 0.155 e. The first-order chi connectivity index (χ1) is 31.8. The molecule has 3 atom stereocenters. The van der Waals surface area contributed by atoms with Crippen LogP contribution in [0.5, 0.6) is 11.5 Å². The first kappa shape index (κ1) is 35.6. The predicted octanol–water partition coefficient (Wildman–Crippen LogP) is 15.8. The minimum atomic E-state index is -0.591. The highest BCUT2D eigenvalue weighted by Crippen LogP contribution is 2.64. The third-order valence-electron chi connectivity index (χ3n) is 14.7. The Morgan fingerprint density at radius 3 is 1.84 bits per heavy atom. The molecule has 4 aliphatic carbocycles. The third kappa shape index (κ3) is 4.80. The first-order valence-corrected chi connectivity index (χ1v) is 22.6. The second-order valence-electron chi connectivity index (χ2n) is 17.8. The van der Waals surface area contributed by atoms with Gasteiger partial charge in [0.1, 0.15) is 5.75 Å². The summed E-state index contributed by atoms with van der Waals surface area (Å²) >= 11 is 0. The van der Waals surface area contributed by atoms with Gasteiger partial charge in [0.2, 0.25) is 0 Å². The minimum absolute atomic E-state index is 0.134. The van der Waals surface area contributed by atoms with Gasteiger partial charge in [0.15, 0.2) is 5.75 Å². The largest absolute Gasteiger partial charge is 0.455 e. The van der Waals surface area contributed by atoms with Crippen LogP contribution >= 0.6 is 0 Å². The van der Waals surface area contributed by atoms with Gasteiger partial charge in [-0.2, -0.15) is 0 Å². The number of rotatable bonds is 3. The molecule has 1 spiro atoms. The van der Waals surface area contributed by atoms with E-state index in [2.05, 4.69) is 229 Å². The molecule has 1 heterocycles. The Bertz CT molecular complexity index is 3480. The lowest BCUT2D eigenvalue weighted by Crippen LogP contribution is -2.29. The van der Waals surface area contributed by atoms with Crippen LogP contribution in [-0.4, -0.2) is 0 Å². The molecule has 5 aliphatic rings. The molecule has 0 fully saturated rings. The van der Waals surface area contributed by atoms with Gasteiger partial charge in [0.05, 0.1) is 11.1 Å². The average Bonchev–Trinajstić information content (AvgIpc) is 3.80. The van der Waals surface area contributed by atoms with Crippen LogP contribution in [0.4, 0.5) is 17.1 Å². The Morgan fingerprint density at radius 1 is 0.406 bits per heavy atom. The van der Waals surface area contributed by atoms with E-state index in [1.54, 1.807) is 0 Å². The maximum Gasteiger partial charge on any atom is 0.155 e. The summed E-state index contributed by atoms with van der Waals surface area (Å²) in [6.07, 6.45) is 9.98. The molecule has 3 unspecified atom stereocenters. The summed E-state index contributed by atoms with van der Waals surface area (Å²) in [5.41, 5.74) is 23.5. The van der Waals surface area contributed by atoms with Crippen molar-refractivity contribution in [1.29, 1.82) is 0 Å². The van der Waals surface area contributed by atoms with E-state index in [9.17, 15) is 0 Å². The highest BCUT2D eigenvalue weighted by atomic mass is 16.5. The quantitative estimate of drug-likeness (QED) is 0.176. The van der Waals surface area contributed by atoms with E-state index in [-0.39, 0.29) is 11.8 Å². The molecule has 0 saturated heterocycles. The number of nitrogens with zero attached hydrogens (tertiary/aromatic N) is 1. The maximum atomic E-state index is 7.19. The topological polar surface area (TPSA) is 12.5 Å². The molecule has 0 N–H and O–H groups in total. The van der Waals surface area contributed by atoms with Crippen LogP contribution in [0.15, 0.2) is 224 Å². The second kappa shape index (κ2) is 13.5. The Labute approximate surface area is 373 Å². The SMILES string of the molecule is C1=CC2c3ccccc3Oc3c(cccc3N(c3ccccc3)c3ccc4c(c3)-c3ccccc3-c3ccccc3C43c4ccccc4-c4c3ccc3c4-c4ccccc4C3)C2C=C1. The number of hydrogen-bond donors (Lipinski definition) is 0. The summed E-state index contributed by atoms with van der Waals surface area (Å²) in [4.78, 5) is 2.41. The van der Waals surface area contributed by atoms with Crippen LogP contribution < -0.4 is 9.64 Å². The molecular formula is C62H41NO. The predicted molar refractivity (Wildman–Crippen MR) is 261 cm³/mol. The molecule has 1 aliphatic heterocycles. The minimum Gasteiger partial charge on any atom is -0.455 e. The van der Waals surface area contributed by atoms with Gasteiger partial charge in [-0.3, -0.25) is 0 Å². The lowest BCUT2D eigenvalue weighted by atomic mass is 9.65. The zero-order valence-corrected chi connectivity index (χ0v) is 35.1. The molecule has 300 valence electrons. The van der Waals surface area contributed by atoms with E-state index in [1.165, 1.54) is 89.0 Å². The zero-order valence-electron chi connectivity index (χ0n) is 35.1. The average molecular weight is 816 g/mol. The van der Waals surface area contributed by atoms with Crippen molar-refractivity contribution in [3.63, 3.8) is 0 Å². The molecular weight excluding hydrogens is 775 g/mol. The summed E-state index contributed by atoms with van der Waals surface area (Å²) in [5, 5.41) is 0. The van der Waals surface area contributed by atoms with Crippen molar-refractivity contribution >= 4 is 17.1 Å². The summed E-state index contributed by atoms with van der Waals surface area (Å²) < 4.78 is 7.19. The fourth-order valence-electron chi connectivity index (χ4n) is 12.2. The van der Waals surface area contributed by atoms with Crippen LogP contribution in [-0.2, 0) is 11.8 Å². The van der Waals surface area contributed by atoms with Gasteiger partial charge >= 0.3 is 0 Å². The van der Waals surface area contributed by atoms with Gasteiger partial charge in [-0.15, -0.1) is 0 Å². The zero-order chi connectivity index (χ0) is 41.9. The number of hydrogen-bond acceptors (Lipinski definition) is 2. The van der Waals surface area contributed by atoms with Gasteiger partial charge in [-0.05, 0) is 121 Å². The summed E-state index contributed by atoms with van der Waals surface area (Å²) in [6.45, 7) is 0. The van der Waals surface area contributed by atoms with Crippen molar-refractivity contribution in [2.24, 2.45) is 0 Å². The van der Waals surface area contributed by atoms with Crippen LogP contribution in [0.25, 0.3) is 44.5 Å². The molecule has 64 heavy (non-hydrogen) atoms. The van der Waals surface area contributed by atoms with Crippen molar-refractivity contribution in [2.75, 3.05) is 4.90 Å². The van der Waals surface area contributed by atoms with E-state index >= 15 is 0 Å². The number of benzene rings is 9. The van der Waals surface area contributed by atoms with E-state index < -0.39 is 5.41 Å². The van der Waals surface area contributed by atoms with Gasteiger partial charge in [0, 0.05) is 34.3 Å². The molecule has 0 radical (unpaired) electrons. The fraction of sp³-hybridized carbons (Fsp3) is 0.0645. The highest BCUT2D eigenvalue weighted by molar-refractivity contribution is 6.03. The normalized spacial score (nSPS) is 18.3. The highest BCUT2D eigenvalue weighted by Gasteiger charge is 2.51. The number of ether oxygens (including phenoxy) is 1.